The Labute approximate surface area is 141 Å². The molecule has 7 nitrogen and oxygen atoms in total. The van der Waals surface area contributed by atoms with Crippen molar-refractivity contribution in [2.24, 2.45) is 5.92 Å². The SMILES string of the molecule is CCCCC(CC)CC(CC(=O)O)(C(=O)O)S(=O)(=O)O.[Mg]. The summed E-state index contributed by atoms with van der Waals surface area (Å²) < 4.78 is 29.5. The number of carboxylic acids is 2. The molecule has 0 rings (SSSR count). The first-order valence-corrected chi connectivity index (χ1v) is 7.97. The highest BCUT2D eigenvalue weighted by Gasteiger charge is 2.53. The molecule has 0 spiro atoms. The second-order valence-electron chi connectivity index (χ2n) is 4.97. The van der Waals surface area contributed by atoms with Crippen molar-refractivity contribution in [2.75, 3.05) is 0 Å². The summed E-state index contributed by atoms with van der Waals surface area (Å²) in [7, 11) is -5.03. The van der Waals surface area contributed by atoms with E-state index >= 15 is 0 Å². The zero-order valence-electron chi connectivity index (χ0n) is 12.4. The molecule has 0 fully saturated rings. The standard InChI is InChI=1S/C12H22O7S.Mg/c1-3-5-6-9(4-2)7-12(11(15)16,8-10(13)14)20(17,18)19;/h9H,3-8H2,1-2H3,(H,13,14)(H,15,16)(H,17,18,19);. The van der Waals surface area contributed by atoms with Crippen LogP contribution in [0.3, 0.4) is 0 Å². The maximum Gasteiger partial charge on any atom is 0.328 e. The lowest BCUT2D eigenvalue weighted by Gasteiger charge is -2.28. The van der Waals surface area contributed by atoms with Gasteiger partial charge in [-0.05, 0) is 12.3 Å². The van der Waals surface area contributed by atoms with Crippen LogP contribution in [0.25, 0.3) is 0 Å². The summed E-state index contributed by atoms with van der Waals surface area (Å²) in [5, 5.41) is 18.0. The number of hydrogen-bond donors (Lipinski definition) is 3. The van der Waals surface area contributed by atoms with Crippen LogP contribution in [-0.2, 0) is 19.7 Å². The van der Waals surface area contributed by atoms with Crippen LogP contribution in [0.5, 0.6) is 0 Å². The first-order valence-electron chi connectivity index (χ1n) is 6.53. The normalized spacial score (nSPS) is 15.6. The first kappa shape index (κ1) is 22.9. The minimum absolute atomic E-state index is 0. The molecule has 3 N–H and O–H groups in total. The van der Waals surface area contributed by atoms with Gasteiger partial charge in [-0.15, -0.1) is 0 Å². The van der Waals surface area contributed by atoms with Gasteiger partial charge in [0.25, 0.3) is 10.1 Å². The molecule has 0 saturated carbocycles. The van der Waals surface area contributed by atoms with Gasteiger partial charge in [-0.3, -0.25) is 14.1 Å². The van der Waals surface area contributed by atoms with E-state index in [1.165, 1.54) is 0 Å². The number of carbonyl (C=O) groups is 2. The second kappa shape index (κ2) is 9.60. The Bertz CT molecular complexity index is 449. The lowest BCUT2D eigenvalue weighted by molar-refractivity contribution is -0.147. The lowest BCUT2D eigenvalue weighted by atomic mass is 9.86. The number of rotatable bonds is 10. The fraction of sp³-hybridized carbons (Fsp3) is 0.833. The van der Waals surface area contributed by atoms with E-state index in [9.17, 15) is 27.7 Å². The zero-order valence-corrected chi connectivity index (χ0v) is 14.6. The molecule has 0 aliphatic carbocycles. The first-order chi connectivity index (χ1) is 9.10. The van der Waals surface area contributed by atoms with Crippen LogP contribution in [-0.4, -0.2) is 62.9 Å². The Morgan fingerprint density at radius 3 is 2.00 bits per heavy atom. The van der Waals surface area contributed by atoms with Gasteiger partial charge in [0.1, 0.15) is 0 Å². The van der Waals surface area contributed by atoms with Crippen molar-refractivity contribution >= 4 is 45.1 Å². The highest BCUT2D eigenvalue weighted by molar-refractivity contribution is 7.88. The fourth-order valence-corrected chi connectivity index (χ4v) is 3.17. The highest BCUT2D eigenvalue weighted by atomic mass is 32.2. The predicted molar refractivity (Wildman–Crippen MR) is 77.8 cm³/mol. The van der Waals surface area contributed by atoms with Crippen molar-refractivity contribution in [3.05, 3.63) is 0 Å². The van der Waals surface area contributed by atoms with E-state index in [1.807, 2.05) is 6.92 Å². The summed E-state index contributed by atoms with van der Waals surface area (Å²) in [6.45, 7) is 3.72. The molecule has 0 bridgehead atoms. The zero-order chi connectivity index (χ0) is 16.0. The summed E-state index contributed by atoms with van der Waals surface area (Å²) in [4.78, 5) is 22.1. The molecule has 21 heavy (non-hydrogen) atoms. The van der Waals surface area contributed by atoms with E-state index in [1.54, 1.807) is 6.92 Å². The molecule has 0 amide bonds. The molecule has 2 unspecified atom stereocenters. The van der Waals surface area contributed by atoms with Crippen molar-refractivity contribution in [3.8, 4) is 0 Å². The Morgan fingerprint density at radius 2 is 1.71 bits per heavy atom. The van der Waals surface area contributed by atoms with E-state index in [0.717, 1.165) is 12.8 Å². The number of carboxylic acid groups (broad SMARTS) is 2. The molecule has 2 radical (unpaired) electrons. The number of aliphatic carboxylic acids is 2. The predicted octanol–water partition coefficient (Wildman–Crippen LogP) is 1.40. The lowest BCUT2D eigenvalue weighted by Crippen LogP contribution is -2.49. The van der Waals surface area contributed by atoms with Crippen molar-refractivity contribution < 1.29 is 32.8 Å². The Hall–Kier alpha value is -0.384. The Kier molecular flexibility index (Phi) is 10.5. The van der Waals surface area contributed by atoms with Crippen molar-refractivity contribution in [3.63, 3.8) is 0 Å². The van der Waals surface area contributed by atoms with Crippen LogP contribution in [0, 0.1) is 5.92 Å². The van der Waals surface area contributed by atoms with Gasteiger partial charge in [0.2, 0.25) is 4.75 Å². The summed E-state index contributed by atoms with van der Waals surface area (Å²) in [5.41, 5.74) is 0. The fourth-order valence-electron chi connectivity index (χ4n) is 2.20. The summed E-state index contributed by atoms with van der Waals surface area (Å²) in [5.74, 6) is -3.67. The van der Waals surface area contributed by atoms with E-state index in [2.05, 4.69) is 0 Å². The third-order valence-electron chi connectivity index (χ3n) is 3.48. The Balaban J connectivity index is 0. The molecule has 0 heterocycles. The molecule has 9 heteroatoms. The third kappa shape index (κ3) is 6.49. The average Bonchev–Trinajstić information content (AvgIpc) is 2.30. The molecule has 0 aromatic rings. The van der Waals surface area contributed by atoms with Crippen LogP contribution in [0.2, 0.25) is 0 Å². The van der Waals surface area contributed by atoms with Gasteiger partial charge >= 0.3 is 11.9 Å². The van der Waals surface area contributed by atoms with Crippen LogP contribution >= 0.6 is 0 Å². The van der Waals surface area contributed by atoms with Gasteiger partial charge in [-0.1, -0.05) is 39.5 Å². The smallest absolute Gasteiger partial charge is 0.328 e. The third-order valence-corrected chi connectivity index (χ3v) is 4.96. The second-order valence-corrected chi connectivity index (χ2v) is 6.70. The van der Waals surface area contributed by atoms with E-state index in [4.69, 9.17) is 5.11 Å². The molecule has 120 valence electrons. The average molecular weight is 335 g/mol. The topological polar surface area (TPSA) is 129 Å². The molecular weight excluding hydrogens is 312 g/mol. The maximum atomic E-state index is 11.5. The van der Waals surface area contributed by atoms with Gasteiger partial charge in [-0.2, -0.15) is 8.42 Å². The summed E-state index contributed by atoms with van der Waals surface area (Å²) >= 11 is 0. The highest BCUT2D eigenvalue weighted by Crippen LogP contribution is 2.33. The van der Waals surface area contributed by atoms with E-state index < -0.39 is 39.6 Å². The molecular formula is C12H22MgO7S. The summed E-state index contributed by atoms with van der Waals surface area (Å²) in [6.07, 6.45) is 1.21. The number of unbranched alkanes of at least 4 members (excludes halogenated alkanes) is 1. The van der Waals surface area contributed by atoms with Crippen LogP contribution in [0.4, 0.5) is 0 Å². The molecule has 0 aromatic heterocycles. The minimum Gasteiger partial charge on any atom is -0.481 e. The van der Waals surface area contributed by atoms with Gasteiger partial charge in [0, 0.05) is 23.1 Å². The molecule has 2 atom stereocenters. The van der Waals surface area contributed by atoms with Crippen molar-refractivity contribution in [1.29, 1.82) is 0 Å². The van der Waals surface area contributed by atoms with Gasteiger partial charge in [-0.25, -0.2) is 0 Å². The molecule has 0 aliphatic heterocycles. The summed E-state index contributed by atoms with van der Waals surface area (Å²) in [6, 6.07) is 0. The largest absolute Gasteiger partial charge is 0.481 e. The van der Waals surface area contributed by atoms with Gasteiger partial charge in [0.15, 0.2) is 0 Å². The number of hydrogen-bond acceptors (Lipinski definition) is 4. The monoisotopic (exact) mass is 334 g/mol. The van der Waals surface area contributed by atoms with Crippen LogP contribution in [0.15, 0.2) is 0 Å². The van der Waals surface area contributed by atoms with Gasteiger partial charge < -0.3 is 10.2 Å². The van der Waals surface area contributed by atoms with E-state index in [-0.39, 0.29) is 29.0 Å². The Morgan fingerprint density at radius 1 is 1.19 bits per heavy atom. The van der Waals surface area contributed by atoms with E-state index in [0.29, 0.717) is 12.8 Å². The molecule has 0 saturated heterocycles. The maximum absolute atomic E-state index is 11.5. The quantitative estimate of drug-likeness (QED) is 0.406. The minimum atomic E-state index is -5.03. The molecule has 0 aromatic carbocycles. The van der Waals surface area contributed by atoms with Crippen molar-refractivity contribution in [2.45, 2.75) is 57.1 Å². The molecule has 0 aliphatic rings. The van der Waals surface area contributed by atoms with Crippen LogP contribution in [0.1, 0.15) is 52.4 Å². The van der Waals surface area contributed by atoms with Crippen LogP contribution < -0.4 is 0 Å². The van der Waals surface area contributed by atoms with Crippen molar-refractivity contribution in [1.82, 2.24) is 0 Å². The van der Waals surface area contributed by atoms with Gasteiger partial charge in [0.05, 0.1) is 6.42 Å².